The number of ether oxygens (including phenoxy) is 1. The van der Waals surface area contributed by atoms with Gasteiger partial charge in [0.2, 0.25) is 0 Å². The van der Waals surface area contributed by atoms with Crippen molar-refractivity contribution in [3.05, 3.63) is 74.3 Å². The highest BCUT2D eigenvalue weighted by atomic mass is 32.2. The average Bonchev–Trinajstić information content (AvgIpc) is 2.70. The molecular formula is C19H21N3O9S. The van der Waals surface area contributed by atoms with Crippen LogP contribution in [-0.2, 0) is 14.8 Å². The number of sulfonamides is 1. The Hall–Kier alpha value is -3.58. The van der Waals surface area contributed by atoms with Crippen molar-refractivity contribution < 1.29 is 32.9 Å². The molecule has 2 aromatic carbocycles. The SMILES string of the molecule is CC(C)(C)OC(=O)N(C[C@@H](O)c1cccc([N+](=O)[O-])c1)S(=O)(=O)c1ccccc1[N+](=O)[O-]. The normalized spacial score (nSPS) is 12.6. The number of non-ortho nitro benzene ring substituents is 1. The number of para-hydroxylation sites is 1. The topological polar surface area (TPSA) is 170 Å². The number of benzene rings is 2. The van der Waals surface area contributed by atoms with Gasteiger partial charge in [-0.3, -0.25) is 20.2 Å². The molecule has 13 heteroatoms. The molecule has 0 unspecified atom stereocenters. The monoisotopic (exact) mass is 467 g/mol. The van der Waals surface area contributed by atoms with Crippen LogP contribution in [0.2, 0.25) is 0 Å². The lowest BCUT2D eigenvalue weighted by atomic mass is 10.1. The standard InChI is InChI=1S/C19H21N3O9S/c1-19(2,3)31-18(24)20(12-16(23)13-7-6-8-14(11-13)21(25)26)32(29,30)17-10-5-4-9-15(17)22(27)28/h4-11,16,23H,12H2,1-3H3/t16-/m1/s1. The van der Waals surface area contributed by atoms with Crippen LogP contribution in [0.15, 0.2) is 53.4 Å². The molecule has 1 amide bonds. The molecule has 0 radical (unpaired) electrons. The molecule has 0 aliphatic rings. The molecule has 0 heterocycles. The fourth-order valence-electron chi connectivity index (χ4n) is 2.64. The molecule has 0 aliphatic heterocycles. The minimum absolute atomic E-state index is 0.0366. The zero-order valence-corrected chi connectivity index (χ0v) is 18.2. The summed E-state index contributed by atoms with van der Waals surface area (Å²) in [5.74, 6) is 0. The minimum Gasteiger partial charge on any atom is -0.443 e. The Morgan fingerprint density at radius 2 is 1.72 bits per heavy atom. The Bertz CT molecular complexity index is 1140. The largest absolute Gasteiger partial charge is 0.443 e. The Balaban J connectivity index is 2.54. The molecule has 1 atom stereocenters. The van der Waals surface area contributed by atoms with Gasteiger partial charge in [-0.1, -0.05) is 24.3 Å². The highest BCUT2D eigenvalue weighted by Crippen LogP contribution is 2.29. The van der Waals surface area contributed by atoms with Gasteiger partial charge < -0.3 is 9.84 Å². The zero-order chi connectivity index (χ0) is 24.3. The third-order valence-corrected chi connectivity index (χ3v) is 5.81. The number of nitro groups is 2. The summed E-state index contributed by atoms with van der Waals surface area (Å²) in [6.07, 6.45) is -3.06. The summed E-state index contributed by atoms with van der Waals surface area (Å²) < 4.78 is 31.8. The van der Waals surface area contributed by atoms with Crippen LogP contribution in [0.5, 0.6) is 0 Å². The summed E-state index contributed by atoms with van der Waals surface area (Å²) in [7, 11) is -4.85. The van der Waals surface area contributed by atoms with E-state index in [1.807, 2.05) is 0 Å². The molecule has 0 aromatic heterocycles. The molecule has 1 N–H and O–H groups in total. The van der Waals surface area contributed by atoms with E-state index in [1.54, 1.807) is 0 Å². The van der Waals surface area contributed by atoms with Crippen molar-refractivity contribution in [1.82, 2.24) is 4.31 Å². The second kappa shape index (κ2) is 9.28. The molecule has 12 nitrogen and oxygen atoms in total. The van der Waals surface area contributed by atoms with Crippen molar-refractivity contribution in [2.45, 2.75) is 37.4 Å². The van der Waals surface area contributed by atoms with Crippen LogP contribution in [0.4, 0.5) is 16.2 Å². The van der Waals surface area contributed by atoms with Crippen molar-refractivity contribution in [3.8, 4) is 0 Å². The summed E-state index contributed by atoms with van der Waals surface area (Å²) in [4.78, 5) is 32.7. The molecule has 0 spiro atoms. The van der Waals surface area contributed by atoms with E-state index in [9.17, 15) is 38.5 Å². The van der Waals surface area contributed by atoms with Crippen LogP contribution < -0.4 is 0 Å². The highest BCUT2D eigenvalue weighted by molar-refractivity contribution is 7.89. The number of nitrogens with zero attached hydrogens (tertiary/aromatic N) is 3. The lowest BCUT2D eigenvalue weighted by Crippen LogP contribution is -2.43. The van der Waals surface area contributed by atoms with Crippen molar-refractivity contribution in [2.75, 3.05) is 6.54 Å². The van der Waals surface area contributed by atoms with Crippen LogP contribution in [0.3, 0.4) is 0 Å². The van der Waals surface area contributed by atoms with Crippen LogP contribution in [0.1, 0.15) is 32.4 Å². The number of hydrogen-bond donors (Lipinski definition) is 1. The molecule has 0 saturated carbocycles. The van der Waals surface area contributed by atoms with Crippen LogP contribution >= 0.6 is 0 Å². The minimum atomic E-state index is -4.85. The number of aliphatic hydroxyl groups is 1. The van der Waals surface area contributed by atoms with Gasteiger partial charge >= 0.3 is 6.09 Å². The maximum Gasteiger partial charge on any atom is 0.424 e. The third kappa shape index (κ3) is 5.76. The Labute approximate surface area is 183 Å². The number of amides is 1. The Morgan fingerprint density at radius 3 is 2.28 bits per heavy atom. The number of aliphatic hydroxyl groups excluding tert-OH is 1. The van der Waals surface area contributed by atoms with E-state index in [0.29, 0.717) is 0 Å². The summed E-state index contributed by atoms with van der Waals surface area (Å²) in [5, 5.41) is 32.9. The molecule has 0 bridgehead atoms. The predicted molar refractivity (Wildman–Crippen MR) is 111 cm³/mol. The van der Waals surface area contributed by atoms with E-state index in [4.69, 9.17) is 4.74 Å². The first-order chi connectivity index (χ1) is 14.7. The van der Waals surface area contributed by atoms with Gasteiger partial charge in [0.05, 0.1) is 22.5 Å². The van der Waals surface area contributed by atoms with E-state index in [0.717, 1.165) is 18.2 Å². The third-order valence-electron chi connectivity index (χ3n) is 4.03. The van der Waals surface area contributed by atoms with E-state index in [-0.39, 0.29) is 15.6 Å². The summed E-state index contributed by atoms with van der Waals surface area (Å²) in [5.41, 5.74) is -2.28. The Morgan fingerprint density at radius 1 is 1.09 bits per heavy atom. The van der Waals surface area contributed by atoms with E-state index >= 15 is 0 Å². The number of hydrogen-bond acceptors (Lipinski definition) is 9. The highest BCUT2D eigenvalue weighted by Gasteiger charge is 2.38. The Kier molecular flexibility index (Phi) is 7.16. The fourth-order valence-corrected chi connectivity index (χ4v) is 4.10. The number of rotatable bonds is 7. The molecule has 32 heavy (non-hydrogen) atoms. The lowest BCUT2D eigenvalue weighted by Gasteiger charge is -2.28. The van der Waals surface area contributed by atoms with Crippen molar-refractivity contribution in [3.63, 3.8) is 0 Å². The summed E-state index contributed by atoms with van der Waals surface area (Å²) in [6.45, 7) is 3.55. The molecule has 172 valence electrons. The predicted octanol–water partition coefficient (Wildman–Crippen LogP) is 3.16. The van der Waals surface area contributed by atoms with Gasteiger partial charge in [0, 0.05) is 18.2 Å². The molecular weight excluding hydrogens is 446 g/mol. The fraction of sp³-hybridized carbons (Fsp3) is 0.316. The van der Waals surface area contributed by atoms with Gasteiger partial charge in [0.25, 0.3) is 21.4 Å². The second-order valence-corrected chi connectivity index (χ2v) is 9.44. The van der Waals surface area contributed by atoms with Gasteiger partial charge in [0.15, 0.2) is 4.90 Å². The molecule has 2 rings (SSSR count). The van der Waals surface area contributed by atoms with Gasteiger partial charge in [-0.05, 0) is 32.4 Å². The number of carbonyl (C=O) groups excluding carboxylic acids is 1. The number of carbonyl (C=O) groups is 1. The first-order valence-corrected chi connectivity index (χ1v) is 10.6. The van der Waals surface area contributed by atoms with Crippen LogP contribution in [0.25, 0.3) is 0 Å². The average molecular weight is 467 g/mol. The van der Waals surface area contributed by atoms with Gasteiger partial charge in [0.1, 0.15) is 5.60 Å². The van der Waals surface area contributed by atoms with Gasteiger partial charge in [-0.15, -0.1) is 0 Å². The molecule has 0 aliphatic carbocycles. The van der Waals surface area contributed by atoms with Gasteiger partial charge in [-0.2, -0.15) is 4.31 Å². The first kappa shape index (κ1) is 24.7. The quantitative estimate of drug-likeness (QED) is 0.474. The van der Waals surface area contributed by atoms with E-state index in [2.05, 4.69) is 0 Å². The summed E-state index contributed by atoms with van der Waals surface area (Å²) >= 11 is 0. The van der Waals surface area contributed by atoms with E-state index in [1.165, 1.54) is 51.1 Å². The summed E-state index contributed by atoms with van der Waals surface area (Å²) in [6, 6.07) is 9.19. The maximum absolute atomic E-state index is 13.2. The lowest BCUT2D eigenvalue weighted by molar-refractivity contribution is -0.387. The van der Waals surface area contributed by atoms with Crippen molar-refractivity contribution in [2.24, 2.45) is 0 Å². The van der Waals surface area contributed by atoms with Crippen molar-refractivity contribution >= 4 is 27.5 Å². The van der Waals surface area contributed by atoms with Gasteiger partial charge in [-0.25, -0.2) is 13.2 Å². The molecule has 0 saturated heterocycles. The van der Waals surface area contributed by atoms with E-state index < -0.39 is 54.8 Å². The molecule has 0 fully saturated rings. The zero-order valence-electron chi connectivity index (χ0n) is 17.4. The van der Waals surface area contributed by atoms with Crippen LogP contribution in [-0.4, -0.2) is 45.9 Å². The van der Waals surface area contributed by atoms with Crippen molar-refractivity contribution in [1.29, 1.82) is 0 Å². The molecule has 2 aromatic rings. The maximum atomic E-state index is 13.2. The number of nitro benzene ring substituents is 2. The first-order valence-electron chi connectivity index (χ1n) is 9.15. The smallest absolute Gasteiger partial charge is 0.424 e. The van der Waals surface area contributed by atoms with Crippen LogP contribution in [0, 0.1) is 20.2 Å². The second-order valence-electron chi connectivity index (χ2n) is 7.61.